The van der Waals surface area contributed by atoms with Crippen molar-refractivity contribution in [2.45, 2.75) is 48.4 Å². The molecule has 0 saturated heterocycles. The third-order valence-electron chi connectivity index (χ3n) is 0.933. The first-order valence-corrected chi connectivity index (χ1v) is 7.46. The predicted molar refractivity (Wildman–Crippen MR) is 60.5 cm³/mol. The van der Waals surface area contributed by atoms with Gasteiger partial charge in [-0.05, 0) is 0 Å². The second-order valence-corrected chi connectivity index (χ2v) is 14.5. The molecule has 15 heavy (non-hydrogen) atoms. The van der Waals surface area contributed by atoms with E-state index in [1.807, 2.05) is 0 Å². The number of hydrogen-bond acceptors (Lipinski definition) is 2. The molecule has 0 atom stereocenters. The van der Waals surface area contributed by atoms with Crippen molar-refractivity contribution in [3.05, 3.63) is 0 Å². The van der Waals surface area contributed by atoms with Crippen LogP contribution >= 0.6 is 0 Å². The average Bonchev–Trinajstić information content (AvgIpc) is 1.78. The van der Waals surface area contributed by atoms with E-state index < -0.39 is 11.9 Å². The first kappa shape index (κ1) is 17.1. The Hall–Kier alpha value is -0.261. The Bertz CT molecular complexity index is 199. The van der Waals surface area contributed by atoms with Gasteiger partial charge in [-0.3, -0.25) is 0 Å². The first-order chi connectivity index (χ1) is 6.35. The molecule has 5 heteroatoms. The molecule has 88 valence electrons. The zero-order valence-electron chi connectivity index (χ0n) is 10.2. The van der Waals surface area contributed by atoms with E-state index in [9.17, 15) is 0 Å². The van der Waals surface area contributed by atoms with Crippen molar-refractivity contribution in [2.24, 2.45) is 0 Å². The molecule has 0 heterocycles. The van der Waals surface area contributed by atoms with Crippen LogP contribution in [0.15, 0.2) is 0 Å². The first-order valence-electron chi connectivity index (χ1n) is 4.61. The number of carboxylic acids is 2. The minimum Gasteiger partial charge on any atom is -0.473 e. The number of carboxylic acid groups (broad SMARTS) is 2. The molecule has 4 nitrogen and oxygen atoms in total. The van der Waals surface area contributed by atoms with Gasteiger partial charge in [-0.15, -0.1) is 0 Å². The summed E-state index contributed by atoms with van der Waals surface area (Å²) in [5, 5.41) is 14.8. The van der Waals surface area contributed by atoms with Gasteiger partial charge >= 0.3 is 81.5 Å². The van der Waals surface area contributed by atoms with E-state index in [2.05, 4.69) is 41.5 Å². The SMILES string of the molecule is C[C](C)(C)[Sn][C](C)(C)C.O=C(O)C(=O)O. The maximum absolute atomic E-state index is 9.10. The van der Waals surface area contributed by atoms with E-state index in [0.717, 1.165) is 0 Å². The van der Waals surface area contributed by atoms with Gasteiger partial charge in [0, 0.05) is 0 Å². The molecule has 0 aliphatic rings. The van der Waals surface area contributed by atoms with Crippen LogP contribution < -0.4 is 0 Å². The molecular formula is C10H20O4Sn. The smallest absolute Gasteiger partial charge is 0.414 e. The zero-order valence-corrected chi connectivity index (χ0v) is 13.1. The molecule has 0 unspecified atom stereocenters. The Kier molecular flexibility index (Phi) is 7.26. The van der Waals surface area contributed by atoms with Crippen molar-refractivity contribution in [1.29, 1.82) is 0 Å². The van der Waals surface area contributed by atoms with Crippen molar-refractivity contribution in [3.8, 4) is 0 Å². The molecule has 0 aromatic rings. The second kappa shape index (κ2) is 6.35. The third-order valence-corrected chi connectivity index (χ3v) is 5.21. The van der Waals surface area contributed by atoms with E-state index in [0.29, 0.717) is 6.86 Å². The van der Waals surface area contributed by atoms with Gasteiger partial charge in [0.15, 0.2) is 0 Å². The number of carbonyl (C=O) groups is 2. The molecule has 0 aromatic carbocycles. The second-order valence-electron chi connectivity index (χ2n) is 5.24. The monoisotopic (exact) mass is 324 g/mol. The quantitative estimate of drug-likeness (QED) is 0.530. The fourth-order valence-electron chi connectivity index (χ4n) is 1.12. The Labute approximate surface area is 101 Å². The summed E-state index contributed by atoms with van der Waals surface area (Å²) in [5.74, 6) is -3.65. The number of rotatable bonds is 0. The Morgan fingerprint density at radius 1 is 0.800 bits per heavy atom. The summed E-state index contributed by atoms with van der Waals surface area (Å²) in [6, 6.07) is 0. The summed E-state index contributed by atoms with van der Waals surface area (Å²) in [7, 11) is 0. The summed E-state index contributed by atoms with van der Waals surface area (Å²) in [6.45, 7) is 14.2. The van der Waals surface area contributed by atoms with Crippen LogP contribution in [0.4, 0.5) is 0 Å². The topological polar surface area (TPSA) is 74.6 Å². The van der Waals surface area contributed by atoms with E-state index >= 15 is 0 Å². The van der Waals surface area contributed by atoms with Crippen LogP contribution in [-0.4, -0.2) is 43.3 Å². The normalized spacial score (nSPS) is 11.3. The molecule has 0 spiro atoms. The van der Waals surface area contributed by atoms with Crippen LogP contribution in [-0.2, 0) is 9.59 Å². The van der Waals surface area contributed by atoms with Crippen molar-refractivity contribution in [2.75, 3.05) is 0 Å². The fraction of sp³-hybridized carbons (Fsp3) is 0.800. The number of aliphatic carboxylic acids is 2. The maximum atomic E-state index is 9.10. The van der Waals surface area contributed by atoms with E-state index in [1.165, 1.54) is 0 Å². The van der Waals surface area contributed by atoms with Crippen LogP contribution in [0.1, 0.15) is 41.5 Å². The largest absolute Gasteiger partial charge is 0.473 e. The predicted octanol–water partition coefficient (Wildman–Crippen LogP) is 2.28. The van der Waals surface area contributed by atoms with Crippen molar-refractivity contribution in [1.82, 2.24) is 0 Å². The minimum absolute atomic E-state index is 0.182. The van der Waals surface area contributed by atoms with Crippen molar-refractivity contribution < 1.29 is 19.8 Å². The summed E-state index contributed by atoms with van der Waals surface area (Å²) in [6.07, 6.45) is 0. The summed E-state index contributed by atoms with van der Waals surface area (Å²) >= 11 is -0.182. The van der Waals surface area contributed by atoms with Crippen LogP contribution in [0, 0.1) is 0 Å². The van der Waals surface area contributed by atoms with Crippen molar-refractivity contribution >= 4 is 33.1 Å². The summed E-state index contributed by atoms with van der Waals surface area (Å²) < 4.78 is 1.31. The number of hydrogen-bond donors (Lipinski definition) is 2. The van der Waals surface area contributed by atoms with Gasteiger partial charge in [-0.25, -0.2) is 9.59 Å². The third kappa shape index (κ3) is 20.0. The van der Waals surface area contributed by atoms with Gasteiger partial charge in [0.05, 0.1) is 0 Å². The van der Waals surface area contributed by atoms with Gasteiger partial charge < -0.3 is 10.2 Å². The molecule has 0 bridgehead atoms. The molecule has 2 N–H and O–H groups in total. The Morgan fingerprint density at radius 3 is 1.00 bits per heavy atom. The van der Waals surface area contributed by atoms with Crippen LogP contribution in [0.2, 0.25) is 6.86 Å². The average molecular weight is 323 g/mol. The van der Waals surface area contributed by atoms with Gasteiger partial charge in [0.1, 0.15) is 0 Å². The van der Waals surface area contributed by atoms with Gasteiger partial charge in [-0.1, -0.05) is 0 Å². The molecule has 0 aliphatic carbocycles. The molecule has 0 amide bonds. The standard InChI is InChI=1S/2C4H9.C2H2O4.Sn/c2*1-4(2)3;3-1(4)2(5)6;/h2*1-3H3;(H,3,4)(H,5,6);. The van der Waals surface area contributed by atoms with Gasteiger partial charge in [-0.2, -0.15) is 0 Å². The van der Waals surface area contributed by atoms with E-state index in [-0.39, 0.29) is 21.1 Å². The van der Waals surface area contributed by atoms with Gasteiger partial charge in [0.25, 0.3) is 0 Å². The molecular weight excluding hydrogens is 303 g/mol. The summed E-state index contributed by atoms with van der Waals surface area (Å²) in [5.41, 5.74) is 0. The van der Waals surface area contributed by atoms with Crippen LogP contribution in [0.5, 0.6) is 0 Å². The molecule has 0 fully saturated rings. The van der Waals surface area contributed by atoms with Crippen LogP contribution in [0.3, 0.4) is 0 Å². The minimum atomic E-state index is -1.82. The van der Waals surface area contributed by atoms with E-state index in [4.69, 9.17) is 19.8 Å². The van der Waals surface area contributed by atoms with E-state index in [1.54, 1.807) is 0 Å². The fourth-order valence-corrected chi connectivity index (χ4v) is 7.55. The molecule has 0 rings (SSSR count). The molecule has 0 aromatic heterocycles. The maximum Gasteiger partial charge on any atom is 0.414 e. The van der Waals surface area contributed by atoms with Crippen LogP contribution in [0.25, 0.3) is 0 Å². The molecule has 0 saturated carbocycles. The Balaban J connectivity index is 0. The molecule has 2 radical (unpaired) electrons. The van der Waals surface area contributed by atoms with Crippen molar-refractivity contribution in [3.63, 3.8) is 0 Å². The summed E-state index contributed by atoms with van der Waals surface area (Å²) in [4.78, 5) is 18.2. The zero-order chi connectivity index (χ0) is 12.9. The molecule has 0 aliphatic heterocycles. The Morgan fingerprint density at radius 2 is 1.00 bits per heavy atom. The van der Waals surface area contributed by atoms with Gasteiger partial charge in [0.2, 0.25) is 0 Å².